The standard InChI is InChI=1S/C26H37N5O4/c27-25(28)20-3-5-22(6-4-20)29-14-9-21(10-15-29)26(34)31-12-7-19(8-13-31)18-24(33)35-17-16-30-11-1-2-23(30)32/h3-6,19,21H,1-2,7-18H2,(H3,27,28). The minimum Gasteiger partial charge on any atom is -0.464 e. The average Bonchev–Trinajstić information content (AvgIpc) is 3.28. The third kappa shape index (κ3) is 6.52. The van der Waals surface area contributed by atoms with Crippen LogP contribution in [0.25, 0.3) is 0 Å². The molecule has 3 fully saturated rings. The fourth-order valence-corrected chi connectivity index (χ4v) is 5.36. The number of carbonyl (C=O) groups is 3. The van der Waals surface area contributed by atoms with Gasteiger partial charge in [-0.05, 0) is 62.3 Å². The van der Waals surface area contributed by atoms with Crippen LogP contribution in [-0.2, 0) is 19.1 Å². The number of hydrogen-bond donors (Lipinski definition) is 2. The van der Waals surface area contributed by atoms with Crippen molar-refractivity contribution >= 4 is 29.3 Å². The molecule has 0 radical (unpaired) electrons. The summed E-state index contributed by atoms with van der Waals surface area (Å²) in [5.74, 6) is 0.555. The van der Waals surface area contributed by atoms with Gasteiger partial charge in [-0.25, -0.2) is 0 Å². The normalized spacial score (nSPS) is 19.8. The first-order valence-electron chi connectivity index (χ1n) is 12.8. The maximum atomic E-state index is 13.1. The zero-order chi connectivity index (χ0) is 24.8. The summed E-state index contributed by atoms with van der Waals surface area (Å²) in [6, 6.07) is 7.70. The molecule has 0 unspecified atom stereocenters. The molecule has 0 atom stereocenters. The van der Waals surface area contributed by atoms with E-state index in [0.717, 1.165) is 57.4 Å². The van der Waals surface area contributed by atoms with E-state index in [1.165, 1.54) is 0 Å². The molecule has 4 rings (SSSR count). The van der Waals surface area contributed by atoms with Crippen molar-refractivity contribution in [2.45, 2.75) is 44.9 Å². The maximum absolute atomic E-state index is 13.1. The molecule has 3 N–H and O–H groups in total. The molecule has 3 heterocycles. The smallest absolute Gasteiger partial charge is 0.306 e. The highest BCUT2D eigenvalue weighted by atomic mass is 16.5. The van der Waals surface area contributed by atoms with E-state index < -0.39 is 0 Å². The second kappa shape index (κ2) is 11.6. The number of amidine groups is 1. The van der Waals surface area contributed by atoms with Gasteiger partial charge in [0.15, 0.2) is 0 Å². The first kappa shape index (κ1) is 25.0. The van der Waals surface area contributed by atoms with E-state index in [1.54, 1.807) is 4.90 Å². The Kier molecular flexibility index (Phi) is 8.25. The molecule has 9 heteroatoms. The lowest BCUT2D eigenvalue weighted by Crippen LogP contribution is -2.45. The molecule has 2 amide bonds. The van der Waals surface area contributed by atoms with Gasteiger partial charge in [-0.3, -0.25) is 19.8 Å². The number of benzene rings is 1. The van der Waals surface area contributed by atoms with Crippen LogP contribution in [0.3, 0.4) is 0 Å². The fraction of sp³-hybridized carbons (Fsp3) is 0.615. The second-order valence-electron chi connectivity index (χ2n) is 9.90. The number of amides is 2. The molecular weight excluding hydrogens is 446 g/mol. The summed E-state index contributed by atoms with van der Waals surface area (Å²) >= 11 is 0. The van der Waals surface area contributed by atoms with Crippen LogP contribution in [0.4, 0.5) is 5.69 Å². The van der Waals surface area contributed by atoms with Gasteiger partial charge in [-0.2, -0.15) is 0 Å². The van der Waals surface area contributed by atoms with Crippen LogP contribution in [0.2, 0.25) is 0 Å². The molecule has 190 valence electrons. The molecule has 3 aliphatic rings. The predicted molar refractivity (Wildman–Crippen MR) is 133 cm³/mol. The SMILES string of the molecule is N=C(N)c1ccc(N2CCC(C(=O)N3CCC(CC(=O)OCCN4CCCC4=O)CC3)CC2)cc1. The minimum absolute atomic E-state index is 0.0533. The van der Waals surface area contributed by atoms with E-state index >= 15 is 0 Å². The van der Waals surface area contributed by atoms with Gasteiger partial charge in [0.2, 0.25) is 11.8 Å². The molecule has 0 aliphatic carbocycles. The van der Waals surface area contributed by atoms with Gasteiger partial charge in [0.25, 0.3) is 0 Å². The Hall–Kier alpha value is -3.10. The number of nitrogen functional groups attached to an aromatic ring is 1. The number of nitrogens with two attached hydrogens (primary N) is 1. The first-order chi connectivity index (χ1) is 16.9. The van der Waals surface area contributed by atoms with E-state index in [1.807, 2.05) is 29.2 Å². The van der Waals surface area contributed by atoms with Gasteiger partial charge in [-0.1, -0.05) is 0 Å². The highest BCUT2D eigenvalue weighted by Gasteiger charge is 2.31. The Bertz CT molecular complexity index is 918. The molecule has 0 aromatic heterocycles. The highest BCUT2D eigenvalue weighted by Crippen LogP contribution is 2.28. The average molecular weight is 484 g/mol. The number of rotatable bonds is 8. The minimum atomic E-state index is -0.204. The number of nitrogens with zero attached hydrogens (tertiary/aromatic N) is 3. The van der Waals surface area contributed by atoms with Crippen LogP contribution >= 0.6 is 0 Å². The number of hydrogen-bond acceptors (Lipinski definition) is 6. The van der Waals surface area contributed by atoms with Gasteiger partial charge in [0.1, 0.15) is 12.4 Å². The van der Waals surface area contributed by atoms with Crippen LogP contribution in [0.5, 0.6) is 0 Å². The summed E-state index contributed by atoms with van der Waals surface area (Å²) in [6.07, 6.45) is 5.19. The Morgan fingerprint density at radius 2 is 1.69 bits per heavy atom. The zero-order valence-electron chi connectivity index (χ0n) is 20.4. The topological polar surface area (TPSA) is 120 Å². The molecule has 0 saturated carbocycles. The zero-order valence-corrected chi connectivity index (χ0v) is 20.4. The van der Waals surface area contributed by atoms with Crippen LogP contribution in [-0.4, -0.2) is 79.3 Å². The van der Waals surface area contributed by atoms with Crippen molar-refractivity contribution in [3.05, 3.63) is 29.8 Å². The predicted octanol–water partition coefficient (Wildman–Crippen LogP) is 1.98. The van der Waals surface area contributed by atoms with Gasteiger partial charge in [0.05, 0.1) is 6.54 Å². The molecule has 3 aliphatic heterocycles. The third-order valence-electron chi connectivity index (χ3n) is 7.56. The second-order valence-corrected chi connectivity index (χ2v) is 9.90. The Morgan fingerprint density at radius 3 is 2.29 bits per heavy atom. The lowest BCUT2D eigenvalue weighted by molar-refractivity contribution is -0.147. The number of carbonyl (C=O) groups excluding carboxylic acids is 3. The summed E-state index contributed by atoms with van der Waals surface area (Å²) in [6.45, 7) is 4.58. The van der Waals surface area contributed by atoms with Crippen LogP contribution in [0, 0.1) is 17.2 Å². The van der Waals surface area contributed by atoms with Crippen LogP contribution in [0.1, 0.15) is 50.5 Å². The fourth-order valence-electron chi connectivity index (χ4n) is 5.36. The maximum Gasteiger partial charge on any atom is 0.306 e. The van der Waals surface area contributed by atoms with Crippen molar-refractivity contribution in [1.82, 2.24) is 9.80 Å². The quantitative estimate of drug-likeness (QED) is 0.331. The lowest BCUT2D eigenvalue weighted by atomic mass is 9.90. The van der Waals surface area contributed by atoms with Gasteiger partial charge < -0.3 is 25.2 Å². The van der Waals surface area contributed by atoms with E-state index in [2.05, 4.69) is 4.90 Å². The number of piperidine rings is 2. The van der Waals surface area contributed by atoms with E-state index in [0.29, 0.717) is 38.0 Å². The van der Waals surface area contributed by atoms with E-state index in [9.17, 15) is 14.4 Å². The van der Waals surface area contributed by atoms with Crippen molar-refractivity contribution in [3.8, 4) is 0 Å². The summed E-state index contributed by atoms with van der Waals surface area (Å²) < 4.78 is 5.35. The van der Waals surface area contributed by atoms with Crippen molar-refractivity contribution < 1.29 is 19.1 Å². The number of ether oxygens (including phenoxy) is 1. The Balaban J connectivity index is 1.14. The lowest BCUT2D eigenvalue weighted by Gasteiger charge is -2.38. The molecular formula is C26H37N5O4. The van der Waals surface area contributed by atoms with Crippen molar-refractivity contribution in [1.29, 1.82) is 5.41 Å². The largest absolute Gasteiger partial charge is 0.464 e. The molecule has 0 bridgehead atoms. The number of anilines is 1. The van der Waals surface area contributed by atoms with E-state index in [4.69, 9.17) is 15.9 Å². The van der Waals surface area contributed by atoms with Crippen LogP contribution in [0.15, 0.2) is 24.3 Å². The Labute approximate surface area is 207 Å². The molecule has 1 aromatic carbocycles. The molecule has 35 heavy (non-hydrogen) atoms. The van der Waals surface area contributed by atoms with Gasteiger partial charge >= 0.3 is 5.97 Å². The monoisotopic (exact) mass is 483 g/mol. The van der Waals surface area contributed by atoms with E-state index in [-0.39, 0.29) is 42.1 Å². The number of likely N-dealkylation sites (tertiary alicyclic amines) is 2. The summed E-state index contributed by atoms with van der Waals surface area (Å²) in [5, 5.41) is 7.52. The number of nitrogens with one attached hydrogen (secondary N) is 1. The van der Waals surface area contributed by atoms with Crippen molar-refractivity contribution in [2.24, 2.45) is 17.6 Å². The molecule has 3 saturated heterocycles. The summed E-state index contributed by atoms with van der Waals surface area (Å²) in [7, 11) is 0. The number of esters is 1. The Morgan fingerprint density at radius 1 is 1.00 bits per heavy atom. The highest BCUT2D eigenvalue weighted by molar-refractivity contribution is 5.95. The van der Waals surface area contributed by atoms with Crippen molar-refractivity contribution in [3.63, 3.8) is 0 Å². The van der Waals surface area contributed by atoms with Gasteiger partial charge in [-0.15, -0.1) is 0 Å². The van der Waals surface area contributed by atoms with Crippen molar-refractivity contribution in [2.75, 3.05) is 50.8 Å². The molecule has 0 spiro atoms. The summed E-state index contributed by atoms with van der Waals surface area (Å²) in [4.78, 5) is 42.9. The third-order valence-corrected chi connectivity index (χ3v) is 7.56. The van der Waals surface area contributed by atoms with Crippen LogP contribution < -0.4 is 10.6 Å². The molecule has 1 aromatic rings. The van der Waals surface area contributed by atoms with Gasteiger partial charge in [0, 0.05) is 62.7 Å². The molecule has 9 nitrogen and oxygen atoms in total. The first-order valence-corrected chi connectivity index (χ1v) is 12.8. The summed E-state index contributed by atoms with van der Waals surface area (Å²) in [5.41, 5.74) is 7.35.